The van der Waals surface area contributed by atoms with Crippen molar-refractivity contribution in [2.75, 3.05) is 0 Å². The standard InChI is InChI=1S/C14H11F6N/c15-13(16,17)7-1-3-9-10-4-2-8(14(18,19)20)6-12(10)21-11(9)5-7/h5-6,21H,1-4H2. The fourth-order valence-corrected chi connectivity index (χ4v) is 2.90. The average Bonchev–Trinajstić information content (AvgIpc) is 2.73. The maximum Gasteiger partial charge on any atom is 0.412 e. The van der Waals surface area contributed by atoms with E-state index in [9.17, 15) is 26.3 Å². The van der Waals surface area contributed by atoms with Crippen LogP contribution in [0.2, 0.25) is 0 Å². The van der Waals surface area contributed by atoms with Gasteiger partial charge in [0, 0.05) is 22.5 Å². The van der Waals surface area contributed by atoms with E-state index in [0.29, 0.717) is 11.4 Å². The van der Waals surface area contributed by atoms with Crippen LogP contribution in [0.3, 0.4) is 0 Å². The van der Waals surface area contributed by atoms with Crippen molar-refractivity contribution in [1.82, 2.24) is 4.98 Å². The fraction of sp³-hybridized carbons (Fsp3) is 0.429. The van der Waals surface area contributed by atoms with E-state index in [1.54, 1.807) is 0 Å². The topological polar surface area (TPSA) is 15.8 Å². The summed E-state index contributed by atoms with van der Waals surface area (Å²) in [5.74, 6) is 0. The van der Waals surface area contributed by atoms with Gasteiger partial charge in [0.1, 0.15) is 0 Å². The number of allylic oxidation sites excluding steroid dienone is 2. The number of rotatable bonds is 0. The number of aromatic amines is 1. The lowest BCUT2D eigenvalue weighted by atomic mass is 9.89. The van der Waals surface area contributed by atoms with Crippen LogP contribution in [-0.4, -0.2) is 17.3 Å². The molecule has 0 radical (unpaired) electrons. The molecule has 7 heteroatoms. The number of hydrogen-bond donors (Lipinski definition) is 1. The highest BCUT2D eigenvalue weighted by molar-refractivity contribution is 5.68. The molecule has 2 aliphatic rings. The first-order valence-electron chi connectivity index (χ1n) is 6.45. The number of nitrogens with one attached hydrogen (secondary N) is 1. The average molecular weight is 307 g/mol. The molecule has 1 nitrogen and oxygen atoms in total. The molecule has 0 bridgehead atoms. The van der Waals surface area contributed by atoms with Crippen molar-refractivity contribution >= 4 is 12.2 Å². The molecule has 0 aromatic carbocycles. The molecule has 0 fully saturated rings. The molecule has 0 aliphatic heterocycles. The summed E-state index contributed by atoms with van der Waals surface area (Å²) in [6.07, 6.45) is -6.60. The van der Waals surface area contributed by atoms with Gasteiger partial charge in [-0.1, -0.05) is 0 Å². The van der Waals surface area contributed by atoms with Crippen LogP contribution in [0.1, 0.15) is 35.4 Å². The Bertz CT molecular complexity index is 587. The van der Waals surface area contributed by atoms with Crippen LogP contribution in [0.15, 0.2) is 11.1 Å². The molecule has 21 heavy (non-hydrogen) atoms. The highest BCUT2D eigenvalue weighted by atomic mass is 19.4. The molecule has 1 N–H and O–H groups in total. The van der Waals surface area contributed by atoms with E-state index in [2.05, 4.69) is 4.98 Å². The molecule has 114 valence electrons. The number of fused-ring (bicyclic) bond motifs is 3. The van der Waals surface area contributed by atoms with Crippen molar-refractivity contribution in [3.63, 3.8) is 0 Å². The second kappa shape index (κ2) is 4.42. The van der Waals surface area contributed by atoms with Crippen LogP contribution in [0.5, 0.6) is 0 Å². The number of alkyl halides is 6. The highest BCUT2D eigenvalue weighted by Crippen LogP contribution is 2.41. The summed E-state index contributed by atoms with van der Waals surface area (Å²) < 4.78 is 76.2. The number of halogens is 6. The van der Waals surface area contributed by atoms with Gasteiger partial charge in [-0.2, -0.15) is 26.3 Å². The summed E-state index contributed by atoms with van der Waals surface area (Å²) in [4.78, 5) is 2.71. The third-order valence-corrected chi connectivity index (χ3v) is 3.94. The molecule has 3 rings (SSSR count). The minimum absolute atomic E-state index is 0.128. The Labute approximate surface area is 116 Å². The van der Waals surface area contributed by atoms with E-state index in [1.165, 1.54) is 0 Å². The lowest BCUT2D eigenvalue weighted by Gasteiger charge is -2.19. The lowest BCUT2D eigenvalue weighted by molar-refractivity contribution is -0.0941. The first kappa shape index (κ1) is 14.3. The zero-order valence-electron chi connectivity index (χ0n) is 10.8. The van der Waals surface area contributed by atoms with Gasteiger partial charge in [0.25, 0.3) is 0 Å². The summed E-state index contributed by atoms with van der Waals surface area (Å²) in [7, 11) is 0. The van der Waals surface area contributed by atoms with Crippen molar-refractivity contribution in [1.29, 1.82) is 0 Å². The van der Waals surface area contributed by atoms with E-state index in [0.717, 1.165) is 23.3 Å². The lowest BCUT2D eigenvalue weighted by Crippen LogP contribution is -2.16. The predicted octanol–water partition coefficient (Wildman–Crippen LogP) is 4.80. The van der Waals surface area contributed by atoms with Gasteiger partial charge in [-0.3, -0.25) is 0 Å². The fourth-order valence-electron chi connectivity index (χ4n) is 2.90. The zero-order valence-corrected chi connectivity index (χ0v) is 10.8. The monoisotopic (exact) mass is 307 g/mol. The number of aromatic nitrogens is 1. The first-order valence-corrected chi connectivity index (χ1v) is 6.45. The van der Waals surface area contributed by atoms with Crippen LogP contribution >= 0.6 is 0 Å². The highest BCUT2D eigenvalue weighted by Gasteiger charge is 2.38. The molecule has 0 saturated heterocycles. The minimum atomic E-state index is -4.39. The molecular weight excluding hydrogens is 296 g/mol. The Morgan fingerprint density at radius 2 is 1.05 bits per heavy atom. The summed E-state index contributed by atoms with van der Waals surface area (Å²) in [5, 5.41) is 0. The second-order valence-electron chi connectivity index (χ2n) is 5.24. The van der Waals surface area contributed by atoms with E-state index < -0.39 is 23.5 Å². The summed E-state index contributed by atoms with van der Waals surface area (Å²) >= 11 is 0. The van der Waals surface area contributed by atoms with Crippen molar-refractivity contribution in [2.45, 2.75) is 38.0 Å². The van der Waals surface area contributed by atoms with E-state index >= 15 is 0 Å². The SMILES string of the molecule is FC(F)(F)C1=Cc2[nH]c3c(c2CC1)CCC(C(F)(F)F)=C3. The molecule has 1 heterocycles. The van der Waals surface area contributed by atoms with Gasteiger partial charge < -0.3 is 4.98 Å². The Morgan fingerprint density at radius 1 is 0.667 bits per heavy atom. The van der Waals surface area contributed by atoms with Crippen LogP contribution in [0.25, 0.3) is 12.2 Å². The Kier molecular flexibility index (Phi) is 3.00. The van der Waals surface area contributed by atoms with Gasteiger partial charge in [-0.05, 0) is 49.0 Å². The molecular formula is C14H11F6N. The van der Waals surface area contributed by atoms with Crippen LogP contribution < -0.4 is 0 Å². The third-order valence-electron chi connectivity index (χ3n) is 3.94. The normalized spacial score (nSPS) is 18.8. The molecule has 0 unspecified atom stereocenters. The molecule has 2 aliphatic carbocycles. The minimum Gasteiger partial charge on any atom is -0.355 e. The van der Waals surface area contributed by atoms with Crippen LogP contribution in [-0.2, 0) is 12.8 Å². The van der Waals surface area contributed by atoms with Crippen molar-refractivity contribution in [3.8, 4) is 0 Å². The molecule has 0 amide bonds. The van der Waals surface area contributed by atoms with Gasteiger partial charge in [0.15, 0.2) is 0 Å². The smallest absolute Gasteiger partial charge is 0.355 e. The van der Waals surface area contributed by atoms with Crippen molar-refractivity contribution in [3.05, 3.63) is 33.7 Å². The number of H-pyrrole nitrogens is 1. The van der Waals surface area contributed by atoms with E-state index in [-0.39, 0.29) is 25.7 Å². The van der Waals surface area contributed by atoms with E-state index in [1.807, 2.05) is 0 Å². The van der Waals surface area contributed by atoms with Gasteiger partial charge in [0.05, 0.1) is 0 Å². The first-order chi connectivity index (χ1) is 9.66. The van der Waals surface area contributed by atoms with Crippen LogP contribution in [0.4, 0.5) is 26.3 Å². The molecule has 0 spiro atoms. The zero-order chi connectivity index (χ0) is 15.4. The maximum absolute atomic E-state index is 12.7. The van der Waals surface area contributed by atoms with Gasteiger partial charge in [-0.15, -0.1) is 0 Å². The maximum atomic E-state index is 12.7. The Morgan fingerprint density at radius 3 is 1.38 bits per heavy atom. The largest absolute Gasteiger partial charge is 0.412 e. The van der Waals surface area contributed by atoms with Crippen molar-refractivity contribution < 1.29 is 26.3 Å². The summed E-state index contributed by atoms with van der Waals surface area (Å²) in [6.45, 7) is 0. The molecule has 0 saturated carbocycles. The van der Waals surface area contributed by atoms with E-state index in [4.69, 9.17) is 0 Å². The van der Waals surface area contributed by atoms with Gasteiger partial charge >= 0.3 is 12.4 Å². The molecule has 0 atom stereocenters. The quantitative estimate of drug-likeness (QED) is 0.663. The summed E-state index contributed by atoms with van der Waals surface area (Å²) in [5.41, 5.74) is 0.727. The van der Waals surface area contributed by atoms with Gasteiger partial charge in [-0.25, -0.2) is 0 Å². The number of hydrogen-bond acceptors (Lipinski definition) is 0. The Balaban J connectivity index is 2.03. The molecule has 1 aromatic rings. The second-order valence-corrected chi connectivity index (χ2v) is 5.24. The van der Waals surface area contributed by atoms with Crippen LogP contribution in [0, 0.1) is 0 Å². The molecule has 1 aromatic heterocycles. The van der Waals surface area contributed by atoms with Crippen molar-refractivity contribution in [2.24, 2.45) is 0 Å². The van der Waals surface area contributed by atoms with Gasteiger partial charge in [0.2, 0.25) is 0 Å². The summed E-state index contributed by atoms with van der Waals surface area (Å²) in [6, 6.07) is 0. The third kappa shape index (κ3) is 2.49. The predicted molar refractivity (Wildman–Crippen MR) is 65.5 cm³/mol. The Hall–Kier alpha value is -1.66.